The lowest BCUT2D eigenvalue weighted by atomic mass is 10.00. The van der Waals surface area contributed by atoms with Crippen LogP contribution >= 0.6 is 0 Å². The van der Waals surface area contributed by atoms with Crippen LogP contribution in [-0.2, 0) is 6.54 Å². The first-order valence-electron chi connectivity index (χ1n) is 9.31. The average Bonchev–Trinajstić information content (AvgIpc) is 3.04. The minimum absolute atomic E-state index is 0.0643. The Bertz CT molecular complexity index is 1260. The molecule has 31 heavy (non-hydrogen) atoms. The van der Waals surface area contributed by atoms with E-state index in [-0.39, 0.29) is 18.2 Å². The highest BCUT2D eigenvalue weighted by atomic mass is 19.4. The monoisotopic (exact) mass is 426 g/mol. The van der Waals surface area contributed by atoms with Crippen LogP contribution in [0.4, 0.5) is 13.2 Å². The van der Waals surface area contributed by atoms with Crippen molar-refractivity contribution in [3.8, 4) is 22.8 Å². The highest BCUT2D eigenvalue weighted by molar-refractivity contribution is 5.94. The van der Waals surface area contributed by atoms with Gasteiger partial charge in [-0.2, -0.15) is 0 Å². The Morgan fingerprint density at radius 3 is 2.52 bits per heavy atom. The van der Waals surface area contributed by atoms with E-state index >= 15 is 0 Å². The minimum atomic E-state index is -4.74. The number of nitrogens with zero attached hydrogens (tertiary/aromatic N) is 2. The van der Waals surface area contributed by atoms with Crippen LogP contribution in [0.5, 0.6) is 11.6 Å². The summed E-state index contributed by atoms with van der Waals surface area (Å²) in [5, 5.41) is 12.2. The van der Waals surface area contributed by atoms with Crippen molar-refractivity contribution >= 4 is 17.1 Å². The van der Waals surface area contributed by atoms with Crippen molar-refractivity contribution in [2.75, 3.05) is 0 Å². The van der Waals surface area contributed by atoms with E-state index in [1.54, 1.807) is 23.0 Å². The van der Waals surface area contributed by atoms with E-state index in [4.69, 9.17) is 0 Å². The first kappa shape index (κ1) is 20.5. The number of rotatable bonds is 5. The van der Waals surface area contributed by atoms with Gasteiger partial charge in [-0.05, 0) is 47.9 Å². The summed E-state index contributed by atoms with van der Waals surface area (Å²) < 4.78 is 42.5. The quantitative estimate of drug-likeness (QED) is 0.430. The fourth-order valence-electron chi connectivity index (χ4n) is 3.55. The van der Waals surface area contributed by atoms with E-state index in [2.05, 4.69) is 9.72 Å². The van der Waals surface area contributed by atoms with Crippen LogP contribution in [0.15, 0.2) is 61.1 Å². The molecule has 0 saturated heterocycles. The normalized spacial score (nSPS) is 11.6. The first-order chi connectivity index (χ1) is 14.7. The predicted octanol–water partition coefficient (Wildman–Crippen LogP) is 5.48. The maximum absolute atomic E-state index is 12.3. The molecule has 4 aromatic rings. The Morgan fingerprint density at radius 2 is 1.84 bits per heavy atom. The first-order valence-corrected chi connectivity index (χ1v) is 9.31. The van der Waals surface area contributed by atoms with E-state index in [9.17, 15) is 23.1 Å². The lowest BCUT2D eigenvalue weighted by molar-refractivity contribution is -0.274. The average molecular weight is 426 g/mol. The summed E-state index contributed by atoms with van der Waals surface area (Å²) in [7, 11) is 0. The van der Waals surface area contributed by atoms with Gasteiger partial charge in [-0.15, -0.1) is 13.2 Å². The predicted molar refractivity (Wildman–Crippen MR) is 109 cm³/mol. The van der Waals surface area contributed by atoms with Gasteiger partial charge in [0, 0.05) is 40.5 Å². The Hall–Kier alpha value is -3.81. The number of pyridine rings is 1. The number of fused-ring (bicyclic) bond motifs is 1. The Kier molecular flexibility index (Phi) is 5.14. The second-order valence-electron chi connectivity index (χ2n) is 7.15. The van der Waals surface area contributed by atoms with Crippen LogP contribution in [0.25, 0.3) is 21.9 Å². The van der Waals surface area contributed by atoms with Crippen molar-refractivity contribution in [2.24, 2.45) is 0 Å². The molecule has 5 nitrogen and oxygen atoms in total. The van der Waals surface area contributed by atoms with Crippen LogP contribution in [0.3, 0.4) is 0 Å². The molecule has 2 aromatic heterocycles. The Morgan fingerprint density at radius 1 is 1.10 bits per heavy atom. The highest BCUT2D eigenvalue weighted by Gasteiger charge is 2.30. The third kappa shape index (κ3) is 4.37. The molecule has 0 fully saturated rings. The molecule has 2 aromatic carbocycles. The van der Waals surface area contributed by atoms with Gasteiger partial charge in [0.25, 0.3) is 0 Å². The maximum atomic E-state index is 12.3. The summed E-state index contributed by atoms with van der Waals surface area (Å²) in [5.74, 6) is -0.237. The molecule has 4 rings (SSSR count). The molecule has 0 atom stereocenters. The molecule has 0 aliphatic carbocycles. The zero-order valence-electron chi connectivity index (χ0n) is 16.3. The van der Waals surface area contributed by atoms with Gasteiger partial charge in [0.15, 0.2) is 12.2 Å². The summed E-state index contributed by atoms with van der Waals surface area (Å²) in [6.45, 7) is 2.14. The number of benzene rings is 2. The fourth-order valence-corrected chi connectivity index (χ4v) is 3.55. The van der Waals surface area contributed by atoms with Crippen LogP contribution in [0.1, 0.15) is 21.5 Å². The molecule has 0 amide bonds. The highest BCUT2D eigenvalue weighted by Crippen LogP contribution is 2.35. The second-order valence-corrected chi connectivity index (χ2v) is 7.15. The number of aryl methyl sites for hydroxylation is 1. The van der Waals surface area contributed by atoms with Gasteiger partial charge in [0.05, 0.1) is 6.54 Å². The molecule has 0 aliphatic heterocycles. The molecule has 1 N–H and O–H groups in total. The molecule has 0 bridgehead atoms. The number of carbonyl (C=O) groups is 1. The van der Waals surface area contributed by atoms with Crippen LogP contribution in [-0.4, -0.2) is 27.3 Å². The third-order valence-corrected chi connectivity index (χ3v) is 4.90. The van der Waals surface area contributed by atoms with Gasteiger partial charge in [-0.25, -0.2) is 0 Å². The number of halogens is 3. The topological polar surface area (TPSA) is 64.4 Å². The molecule has 0 unspecified atom stereocenters. The summed E-state index contributed by atoms with van der Waals surface area (Å²) in [6, 6.07) is 11.0. The van der Waals surface area contributed by atoms with Crippen LogP contribution < -0.4 is 4.74 Å². The van der Waals surface area contributed by atoms with Gasteiger partial charge < -0.3 is 14.4 Å². The zero-order valence-corrected chi connectivity index (χ0v) is 16.3. The van der Waals surface area contributed by atoms with Gasteiger partial charge in [0.2, 0.25) is 0 Å². The molecule has 0 spiro atoms. The van der Waals surface area contributed by atoms with E-state index in [1.165, 1.54) is 30.5 Å². The van der Waals surface area contributed by atoms with Gasteiger partial charge in [-0.3, -0.25) is 9.78 Å². The number of aromatic hydroxyl groups is 1. The molecule has 0 radical (unpaired) electrons. The smallest absolute Gasteiger partial charge is 0.494 e. The number of aromatic nitrogens is 2. The molecule has 8 heteroatoms. The standard InChI is InChI=1S/C23H17F3N2O3/c1-14-6-17(18-7-16(13-29)9-27-10-18)8-19-12-28(22(30)21(14)19)11-15-2-4-20(5-3-15)31-23(24,25)26/h2-10,12-13,30H,11H2,1H3. The number of carbonyl (C=O) groups excluding carboxylic acids is 1. The minimum Gasteiger partial charge on any atom is -0.494 e. The number of alkyl halides is 3. The molecular formula is C23H17F3N2O3. The number of hydrogen-bond acceptors (Lipinski definition) is 4. The number of ether oxygens (including phenoxy) is 1. The van der Waals surface area contributed by atoms with Gasteiger partial charge in [0.1, 0.15) is 5.75 Å². The summed E-state index contributed by atoms with van der Waals surface area (Å²) in [6.07, 6.45) is 0.908. The van der Waals surface area contributed by atoms with E-state index in [1.807, 2.05) is 19.1 Å². The molecular weight excluding hydrogens is 409 g/mol. The molecule has 0 aliphatic rings. The van der Waals surface area contributed by atoms with E-state index < -0.39 is 6.36 Å². The SMILES string of the molecule is Cc1cc(-c2cncc(C=O)c2)cc2cn(Cc3ccc(OC(F)(F)F)cc3)c(O)c12. The third-order valence-electron chi connectivity index (χ3n) is 4.90. The van der Waals surface area contributed by atoms with Crippen molar-refractivity contribution in [1.82, 2.24) is 9.55 Å². The largest absolute Gasteiger partial charge is 0.573 e. The van der Waals surface area contributed by atoms with Crippen molar-refractivity contribution in [3.63, 3.8) is 0 Å². The molecule has 158 valence electrons. The maximum Gasteiger partial charge on any atom is 0.573 e. The second kappa shape index (κ2) is 7.79. The number of aldehydes is 1. The van der Waals surface area contributed by atoms with Crippen LogP contribution in [0.2, 0.25) is 0 Å². The summed E-state index contributed by atoms with van der Waals surface area (Å²) in [4.78, 5) is 15.1. The Balaban J connectivity index is 1.66. The van der Waals surface area contributed by atoms with Gasteiger partial charge in [-0.1, -0.05) is 18.2 Å². The molecule has 2 heterocycles. The fraction of sp³-hybridized carbons (Fsp3) is 0.130. The van der Waals surface area contributed by atoms with Gasteiger partial charge >= 0.3 is 6.36 Å². The zero-order chi connectivity index (χ0) is 22.2. The van der Waals surface area contributed by atoms with Crippen molar-refractivity contribution < 1.29 is 27.8 Å². The van der Waals surface area contributed by atoms with Crippen molar-refractivity contribution in [1.29, 1.82) is 0 Å². The lowest BCUT2D eigenvalue weighted by Crippen LogP contribution is -2.17. The summed E-state index contributed by atoms with van der Waals surface area (Å²) >= 11 is 0. The van der Waals surface area contributed by atoms with Crippen LogP contribution in [0, 0.1) is 6.92 Å². The molecule has 0 saturated carbocycles. The Labute approximate surface area is 175 Å². The number of hydrogen-bond donors (Lipinski definition) is 1. The summed E-state index contributed by atoms with van der Waals surface area (Å²) in [5.41, 5.74) is 3.64. The van der Waals surface area contributed by atoms with E-state index in [0.29, 0.717) is 16.5 Å². The van der Waals surface area contributed by atoms with E-state index in [0.717, 1.165) is 28.4 Å². The lowest BCUT2D eigenvalue weighted by Gasteiger charge is -2.10. The van der Waals surface area contributed by atoms with Crippen molar-refractivity contribution in [3.05, 3.63) is 77.7 Å². The van der Waals surface area contributed by atoms with Crippen molar-refractivity contribution in [2.45, 2.75) is 19.8 Å².